The fourth-order valence-corrected chi connectivity index (χ4v) is 1.41. The lowest BCUT2D eigenvalue weighted by Crippen LogP contribution is -2.06. The molecule has 1 heterocycles. The van der Waals surface area contributed by atoms with Crippen molar-refractivity contribution in [2.24, 2.45) is 0 Å². The van der Waals surface area contributed by atoms with Crippen molar-refractivity contribution in [1.29, 1.82) is 0 Å². The number of nitro groups is 1. The highest BCUT2D eigenvalue weighted by Gasteiger charge is 2.12. The Kier molecular flexibility index (Phi) is 3.73. The Morgan fingerprint density at radius 2 is 2.33 bits per heavy atom. The fraction of sp³-hybridized carbons (Fsp3) is 0.250. The maximum Gasteiger partial charge on any atom is 0.311 e. The third-order valence-corrected chi connectivity index (χ3v) is 2.00. The first-order valence-corrected chi connectivity index (χ1v) is 4.70. The number of halogens is 1. The minimum absolute atomic E-state index is 0.0865. The lowest BCUT2D eigenvalue weighted by atomic mass is 10.2. The molecular weight excluding hydrogens is 268 g/mol. The van der Waals surface area contributed by atoms with Gasteiger partial charge in [-0.15, -0.1) is 0 Å². The molecule has 1 aromatic heterocycles. The van der Waals surface area contributed by atoms with E-state index in [0.717, 1.165) is 0 Å². The first-order valence-electron chi connectivity index (χ1n) is 3.90. The average Bonchev–Trinajstić information content (AvgIpc) is 2.16. The van der Waals surface area contributed by atoms with Crippen molar-refractivity contribution >= 4 is 27.6 Å². The molecule has 0 aromatic carbocycles. The van der Waals surface area contributed by atoms with Crippen LogP contribution in [0.3, 0.4) is 0 Å². The number of hydrogen-bond acceptors (Lipinski definition) is 5. The van der Waals surface area contributed by atoms with Crippen molar-refractivity contribution in [2.45, 2.75) is 6.42 Å². The van der Waals surface area contributed by atoms with Gasteiger partial charge < -0.3 is 4.74 Å². The highest BCUT2D eigenvalue weighted by Crippen LogP contribution is 2.18. The Balaban J connectivity index is 2.98. The van der Waals surface area contributed by atoms with Crippen LogP contribution in [0.1, 0.15) is 5.69 Å². The van der Waals surface area contributed by atoms with E-state index in [9.17, 15) is 14.9 Å². The van der Waals surface area contributed by atoms with E-state index in [-0.39, 0.29) is 12.1 Å². The molecule has 1 rings (SSSR count). The van der Waals surface area contributed by atoms with Gasteiger partial charge >= 0.3 is 5.97 Å². The molecule has 0 fully saturated rings. The lowest BCUT2D eigenvalue weighted by molar-refractivity contribution is -0.385. The molecule has 0 radical (unpaired) electrons. The van der Waals surface area contributed by atoms with Gasteiger partial charge in [0.2, 0.25) is 0 Å². The van der Waals surface area contributed by atoms with E-state index in [1.165, 1.54) is 19.2 Å². The molecule has 0 bridgehead atoms. The molecule has 0 N–H and O–H groups in total. The zero-order valence-electron chi connectivity index (χ0n) is 7.77. The minimum atomic E-state index is -0.548. The number of pyridine rings is 1. The smallest absolute Gasteiger partial charge is 0.311 e. The van der Waals surface area contributed by atoms with Crippen LogP contribution in [0.2, 0.25) is 0 Å². The summed E-state index contributed by atoms with van der Waals surface area (Å²) < 4.78 is 4.75. The van der Waals surface area contributed by atoms with Gasteiger partial charge in [-0.05, 0) is 15.9 Å². The van der Waals surface area contributed by atoms with Gasteiger partial charge in [0.25, 0.3) is 5.69 Å². The van der Waals surface area contributed by atoms with Crippen molar-refractivity contribution in [3.05, 3.63) is 32.5 Å². The quantitative estimate of drug-likeness (QED) is 0.361. The van der Waals surface area contributed by atoms with E-state index >= 15 is 0 Å². The largest absolute Gasteiger partial charge is 0.469 e. The highest BCUT2D eigenvalue weighted by molar-refractivity contribution is 9.10. The molecular formula is C8H7BrN2O4. The maximum absolute atomic E-state index is 10.9. The molecule has 0 saturated carbocycles. The molecule has 0 saturated heterocycles. The third-order valence-electron chi connectivity index (χ3n) is 1.60. The summed E-state index contributed by atoms with van der Waals surface area (Å²) in [5.41, 5.74) is 0.179. The number of esters is 1. The average molecular weight is 275 g/mol. The van der Waals surface area contributed by atoms with Gasteiger partial charge in [0.05, 0.1) is 24.1 Å². The number of aromatic nitrogens is 1. The van der Waals surface area contributed by atoms with E-state index in [4.69, 9.17) is 0 Å². The predicted octanol–water partition coefficient (Wildman–Crippen LogP) is 1.47. The zero-order chi connectivity index (χ0) is 11.4. The number of carbonyl (C=O) groups excluding carboxylic acids is 1. The molecule has 0 unspecified atom stereocenters. The second kappa shape index (κ2) is 4.83. The van der Waals surface area contributed by atoms with E-state index in [1.807, 2.05) is 0 Å². The summed E-state index contributed by atoms with van der Waals surface area (Å²) >= 11 is 3.03. The molecule has 80 valence electrons. The number of ether oxygens (including phenoxy) is 1. The van der Waals surface area contributed by atoms with Crippen LogP contribution in [-0.4, -0.2) is 23.0 Å². The molecule has 7 heteroatoms. The summed E-state index contributed by atoms with van der Waals surface area (Å²) in [5.74, 6) is -0.491. The topological polar surface area (TPSA) is 82.3 Å². The second-order valence-corrected chi connectivity index (χ2v) is 3.46. The van der Waals surface area contributed by atoms with Crippen molar-refractivity contribution in [3.63, 3.8) is 0 Å². The van der Waals surface area contributed by atoms with Gasteiger partial charge in [-0.3, -0.25) is 14.9 Å². The van der Waals surface area contributed by atoms with Crippen molar-refractivity contribution < 1.29 is 14.5 Å². The predicted molar refractivity (Wildman–Crippen MR) is 54.3 cm³/mol. The first-order chi connectivity index (χ1) is 7.02. The van der Waals surface area contributed by atoms with E-state index in [2.05, 4.69) is 25.7 Å². The number of methoxy groups -OCH3 is 1. The van der Waals surface area contributed by atoms with Gasteiger partial charge in [0.1, 0.15) is 4.60 Å². The van der Waals surface area contributed by atoms with E-state index < -0.39 is 10.9 Å². The SMILES string of the molecule is COC(=O)Cc1cc([N+](=O)[O-])cc(Br)n1. The van der Waals surface area contributed by atoms with Crippen LogP contribution in [0, 0.1) is 10.1 Å². The lowest BCUT2D eigenvalue weighted by Gasteiger charge is -2.00. The maximum atomic E-state index is 10.9. The number of hydrogen-bond donors (Lipinski definition) is 0. The summed E-state index contributed by atoms with van der Waals surface area (Å²) in [6.45, 7) is 0. The Morgan fingerprint density at radius 1 is 1.67 bits per heavy atom. The van der Waals surface area contributed by atoms with Gasteiger partial charge in [-0.25, -0.2) is 4.98 Å². The molecule has 15 heavy (non-hydrogen) atoms. The van der Waals surface area contributed by atoms with Crippen LogP contribution in [0.5, 0.6) is 0 Å². The van der Waals surface area contributed by atoms with Gasteiger partial charge in [0, 0.05) is 12.1 Å². The normalized spacial score (nSPS) is 9.73. The number of rotatable bonds is 3. The molecule has 6 nitrogen and oxygen atoms in total. The van der Waals surface area contributed by atoms with Gasteiger partial charge in [0.15, 0.2) is 0 Å². The summed E-state index contributed by atoms with van der Waals surface area (Å²) in [7, 11) is 1.24. The van der Waals surface area contributed by atoms with Crippen LogP contribution in [0.4, 0.5) is 5.69 Å². The van der Waals surface area contributed by atoms with Gasteiger partial charge in [-0.1, -0.05) is 0 Å². The number of carbonyl (C=O) groups is 1. The molecule has 1 aromatic rings. The summed E-state index contributed by atoms with van der Waals surface area (Å²) in [6.07, 6.45) is -0.0865. The molecule has 0 aliphatic heterocycles. The second-order valence-electron chi connectivity index (χ2n) is 2.65. The first kappa shape index (κ1) is 11.6. The summed E-state index contributed by atoms with van der Waals surface area (Å²) in [4.78, 5) is 24.8. The number of nitrogens with zero attached hydrogens (tertiary/aromatic N) is 2. The Hall–Kier alpha value is -1.50. The van der Waals surface area contributed by atoms with Crippen LogP contribution in [0.25, 0.3) is 0 Å². The highest BCUT2D eigenvalue weighted by atomic mass is 79.9. The Labute approximate surface area is 93.5 Å². The Bertz CT molecular complexity index is 408. The molecule has 0 aliphatic rings. The van der Waals surface area contributed by atoms with Crippen LogP contribution in [-0.2, 0) is 16.0 Å². The fourth-order valence-electron chi connectivity index (χ4n) is 0.952. The van der Waals surface area contributed by atoms with Crippen molar-refractivity contribution in [1.82, 2.24) is 4.98 Å². The standard InChI is InChI=1S/C8H7BrN2O4/c1-15-8(12)3-5-2-6(11(13)14)4-7(9)10-5/h2,4H,3H2,1H3. The van der Waals surface area contributed by atoms with Crippen LogP contribution >= 0.6 is 15.9 Å². The van der Waals surface area contributed by atoms with Crippen molar-refractivity contribution in [2.75, 3.05) is 7.11 Å². The summed E-state index contributed by atoms with van der Waals surface area (Å²) in [6, 6.07) is 2.50. The molecule has 0 spiro atoms. The zero-order valence-corrected chi connectivity index (χ0v) is 9.35. The van der Waals surface area contributed by atoms with Crippen LogP contribution < -0.4 is 0 Å². The Morgan fingerprint density at radius 3 is 2.87 bits per heavy atom. The van der Waals surface area contributed by atoms with Crippen molar-refractivity contribution in [3.8, 4) is 0 Å². The van der Waals surface area contributed by atoms with Gasteiger partial charge in [-0.2, -0.15) is 0 Å². The van der Waals surface area contributed by atoms with Crippen LogP contribution in [0.15, 0.2) is 16.7 Å². The molecule has 0 aliphatic carbocycles. The van der Waals surface area contributed by atoms with E-state index in [1.54, 1.807) is 0 Å². The third kappa shape index (κ3) is 3.28. The monoisotopic (exact) mass is 274 g/mol. The minimum Gasteiger partial charge on any atom is -0.469 e. The van der Waals surface area contributed by atoms with E-state index in [0.29, 0.717) is 10.3 Å². The molecule has 0 amide bonds. The summed E-state index contributed by atoms with van der Waals surface area (Å²) in [5, 5.41) is 10.5. The molecule has 0 atom stereocenters.